The molecule has 100 valence electrons. The molecule has 1 aromatic carbocycles. The molecule has 0 spiro atoms. The first kappa shape index (κ1) is 13.9. The summed E-state index contributed by atoms with van der Waals surface area (Å²) in [6.45, 7) is 4.94. The molecule has 2 rings (SSSR count). The number of aliphatic hydroxyl groups excluding tert-OH is 1. The lowest BCUT2D eigenvalue weighted by Gasteiger charge is -2.16. The van der Waals surface area contributed by atoms with E-state index in [0.29, 0.717) is 17.5 Å². The molecule has 0 amide bonds. The number of aryl methyl sites for hydroxylation is 2. The zero-order valence-corrected chi connectivity index (χ0v) is 11.8. The molecular weight excluding hydrogens is 248 g/mol. The van der Waals surface area contributed by atoms with Crippen LogP contribution in [0.4, 0.5) is 0 Å². The highest BCUT2D eigenvalue weighted by Gasteiger charge is 2.19. The Labute approximate surface area is 114 Å². The third-order valence-electron chi connectivity index (χ3n) is 3.76. The molecule has 1 saturated heterocycles. The Morgan fingerprint density at radius 1 is 1.39 bits per heavy atom. The van der Waals surface area contributed by atoms with Gasteiger partial charge < -0.3 is 9.84 Å². The number of hydrogen-bond acceptors (Lipinski definition) is 2. The van der Waals surface area contributed by atoms with Crippen LogP contribution in [0.25, 0.3) is 0 Å². The lowest BCUT2D eigenvalue weighted by atomic mass is 9.98. The largest absolute Gasteiger partial charge is 0.388 e. The van der Waals surface area contributed by atoms with Crippen LogP contribution in [0.2, 0.25) is 5.02 Å². The van der Waals surface area contributed by atoms with Gasteiger partial charge in [0, 0.05) is 11.6 Å². The Morgan fingerprint density at radius 2 is 2.11 bits per heavy atom. The fourth-order valence-corrected chi connectivity index (χ4v) is 2.77. The van der Waals surface area contributed by atoms with Gasteiger partial charge in [-0.2, -0.15) is 0 Å². The Bertz CT molecular complexity index is 411. The second kappa shape index (κ2) is 6.05. The van der Waals surface area contributed by atoms with Crippen molar-refractivity contribution in [2.45, 2.75) is 51.7 Å². The second-order valence-electron chi connectivity index (χ2n) is 5.19. The quantitative estimate of drug-likeness (QED) is 0.896. The maximum Gasteiger partial charge on any atom is 0.0805 e. The van der Waals surface area contributed by atoms with E-state index in [-0.39, 0.29) is 0 Å². The number of hydrogen-bond donors (Lipinski definition) is 1. The summed E-state index contributed by atoms with van der Waals surface area (Å²) in [5, 5.41) is 10.9. The molecule has 0 saturated carbocycles. The minimum absolute atomic E-state index is 0.324. The summed E-state index contributed by atoms with van der Waals surface area (Å²) in [5.74, 6) is 0. The van der Waals surface area contributed by atoms with Gasteiger partial charge in [0.1, 0.15) is 0 Å². The molecule has 1 fully saturated rings. The average molecular weight is 269 g/mol. The summed E-state index contributed by atoms with van der Waals surface area (Å²) in [7, 11) is 0. The molecule has 1 N–H and O–H groups in total. The van der Waals surface area contributed by atoms with E-state index in [0.717, 1.165) is 37.0 Å². The number of halogens is 1. The van der Waals surface area contributed by atoms with E-state index >= 15 is 0 Å². The van der Waals surface area contributed by atoms with E-state index in [1.165, 1.54) is 5.56 Å². The first-order chi connectivity index (χ1) is 8.58. The monoisotopic (exact) mass is 268 g/mol. The summed E-state index contributed by atoms with van der Waals surface area (Å²) in [6, 6.07) is 3.93. The highest BCUT2D eigenvalue weighted by molar-refractivity contribution is 6.31. The lowest BCUT2D eigenvalue weighted by molar-refractivity contribution is 0.0812. The average Bonchev–Trinajstić information content (AvgIpc) is 2.84. The standard InChI is InChI=1S/C15H21ClO2/c1-10-8-13(14(16)9-11(10)2)15(17)6-5-12-4-3-7-18-12/h8-9,12,15,17H,3-7H2,1-2H3. The van der Waals surface area contributed by atoms with Gasteiger partial charge in [-0.1, -0.05) is 17.7 Å². The summed E-state index contributed by atoms with van der Waals surface area (Å²) in [5.41, 5.74) is 3.18. The highest BCUT2D eigenvalue weighted by Crippen LogP contribution is 2.30. The molecule has 1 aromatic rings. The van der Waals surface area contributed by atoms with Crippen LogP contribution < -0.4 is 0 Å². The van der Waals surface area contributed by atoms with Gasteiger partial charge in [-0.25, -0.2) is 0 Å². The Kier molecular flexibility index (Phi) is 4.66. The normalized spacial score (nSPS) is 21.2. The fraction of sp³-hybridized carbons (Fsp3) is 0.600. The Balaban J connectivity index is 1.99. The molecule has 1 heterocycles. The van der Waals surface area contributed by atoms with Gasteiger partial charge in [0.25, 0.3) is 0 Å². The predicted molar refractivity (Wildman–Crippen MR) is 74.1 cm³/mol. The van der Waals surface area contributed by atoms with E-state index in [9.17, 15) is 5.11 Å². The van der Waals surface area contributed by atoms with Crippen molar-refractivity contribution in [3.8, 4) is 0 Å². The number of ether oxygens (including phenoxy) is 1. The smallest absolute Gasteiger partial charge is 0.0805 e. The van der Waals surface area contributed by atoms with Gasteiger partial charge in [-0.15, -0.1) is 0 Å². The molecule has 18 heavy (non-hydrogen) atoms. The van der Waals surface area contributed by atoms with Gasteiger partial charge in [0.05, 0.1) is 12.2 Å². The van der Waals surface area contributed by atoms with E-state index < -0.39 is 6.10 Å². The van der Waals surface area contributed by atoms with Gasteiger partial charge in [0.2, 0.25) is 0 Å². The van der Waals surface area contributed by atoms with Crippen LogP contribution in [0, 0.1) is 13.8 Å². The van der Waals surface area contributed by atoms with Crippen molar-refractivity contribution >= 4 is 11.6 Å². The van der Waals surface area contributed by atoms with Gasteiger partial charge in [-0.3, -0.25) is 0 Å². The van der Waals surface area contributed by atoms with Crippen molar-refractivity contribution < 1.29 is 9.84 Å². The van der Waals surface area contributed by atoms with Crippen molar-refractivity contribution in [3.05, 3.63) is 33.8 Å². The van der Waals surface area contributed by atoms with Gasteiger partial charge in [0.15, 0.2) is 0 Å². The maximum atomic E-state index is 10.2. The molecule has 0 aromatic heterocycles. The number of aliphatic hydroxyl groups is 1. The van der Waals surface area contributed by atoms with Crippen LogP contribution in [0.15, 0.2) is 12.1 Å². The van der Waals surface area contributed by atoms with Crippen molar-refractivity contribution in [2.75, 3.05) is 6.61 Å². The van der Waals surface area contributed by atoms with Crippen molar-refractivity contribution in [3.63, 3.8) is 0 Å². The molecule has 3 heteroatoms. The molecule has 0 bridgehead atoms. The molecule has 0 radical (unpaired) electrons. The molecule has 1 aliphatic rings. The van der Waals surface area contributed by atoms with Crippen LogP contribution in [0.1, 0.15) is 48.5 Å². The molecule has 2 nitrogen and oxygen atoms in total. The van der Waals surface area contributed by atoms with Crippen LogP contribution in [-0.2, 0) is 4.74 Å². The van der Waals surface area contributed by atoms with Crippen LogP contribution in [0.5, 0.6) is 0 Å². The topological polar surface area (TPSA) is 29.5 Å². The Morgan fingerprint density at radius 3 is 2.78 bits per heavy atom. The van der Waals surface area contributed by atoms with Crippen LogP contribution in [0.3, 0.4) is 0 Å². The zero-order valence-electron chi connectivity index (χ0n) is 11.1. The van der Waals surface area contributed by atoms with E-state index in [1.54, 1.807) is 0 Å². The molecule has 1 aliphatic heterocycles. The summed E-state index contributed by atoms with van der Waals surface area (Å²) >= 11 is 6.20. The minimum Gasteiger partial charge on any atom is -0.388 e. The highest BCUT2D eigenvalue weighted by atomic mass is 35.5. The number of rotatable bonds is 4. The van der Waals surface area contributed by atoms with Crippen molar-refractivity contribution in [2.24, 2.45) is 0 Å². The molecule has 2 atom stereocenters. The molecular formula is C15H21ClO2. The second-order valence-corrected chi connectivity index (χ2v) is 5.59. The predicted octanol–water partition coefficient (Wildman–Crippen LogP) is 3.95. The third-order valence-corrected chi connectivity index (χ3v) is 4.09. The van der Waals surface area contributed by atoms with Gasteiger partial charge in [-0.05, 0) is 62.3 Å². The SMILES string of the molecule is Cc1cc(Cl)c(C(O)CCC2CCCO2)cc1C. The summed E-state index contributed by atoms with van der Waals surface area (Å²) in [4.78, 5) is 0. The molecule has 0 aliphatic carbocycles. The Hall–Kier alpha value is -0.570. The lowest BCUT2D eigenvalue weighted by Crippen LogP contribution is -2.08. The maximum absolute atomic E-state index is 10.2. The zero-order chi connectivity index (χ0) is 13.1. The van der Waals surface area contributed by atoms with Gasteiger partial charge >= 0.3 is 0 Å². The van der Waals surface area contributed by atoms with Crippen LogP contribution in [-0.4, -0.2) is 17.8 Å². The summed E-state index contributed by atoms with van der Waals surface area (Å²) < 4.78 is 5.57. The van der Waals surface area contributed by atoms with E-state index in [4.69, 9.17) is 16.3 Å². The first-order valence-electron chi connectivity index (χ1n) is 6.64. The third kappa shape index (κ3) is 3.25. The minimum atomic E-state index is -0.485. The van der Waals surface area contributed by atoms with Crippen LogP contribution >= 0.6 is 11.6 Å². The van der Waals surface area contributed by atoms with Crippen molar-refractivity contribution in [1.29, 1.82) is 0 Å². The van der Waals surface area contributed by atoms with Crippen molar-refractivity contribution in [1.82, 2.24) is 0 Å². The first-order valence-corrected chi connectivity index (χ1v) is 7.02. The van der Waals surface area contributed by atoms with E-state index in [2.05, 4.69) is 0 Å². The number of benzene rings is 1. The summed E-state index contributed by atoms with van der Waals surface area (Å²) in [6.07, 6.45) is 3.72. The fourth-order valence-electron chi connectivity index (χ4n) is 2.43. The van der Waals surface area contributed by atoms with E-state index in [1.807, 2.05) is 26.0 Å². The molecule has 2 unspecified atom stereocenters.